The van der Waals surface area contributed by atoms with E-state index in [0.29, 0.717) is 36.6 Å². The van der Waals surface area contributed by atoms with E-state index in [1.807, 2.05) is 55.4 Å². The van der Waals surface area contributed by atoms with Crippen molar-refractivity contribution in [2.75, 3.05) is 132 Å². The van der Waals surface area contributed by atoms with Crippen molar-refractivity contribution in [1.29, 1.82) is 0 Å². The van der Waals surface area contributed by atoms with Crippen LogP contribution in [0.5, 0.6) is 0 Å². The molecule has 6 saturated heterocycles. The fourth-order valence-corrected chi connectivity index (χ4v) is 6.75. The molecule has 0 spiro atoms. The molecule has 9 fully saturated rings. The lowest BCUT2D eigenvalue weighted by atomic mass is 10.2. The van der Waals surface area contributed by atoms with Crippen LogP contribution in [0.15, 0.2) is 0 Å². The zero-order valence-electron chi connectivity index (χ0n) is 45.1. The van der Waals surface area contributed by atoms with Gasteiger partial charge in [0.2, 0.25) is 0 Å². The van der Waals surface area contributed by atoms with Gasteiger partial charge in [0, 0.05) is 92.3 Å². The Bertz CT molecular complexity index is 920. The Labute approximate surface area is 415 Å². The molecule has 15 nitrogen and oxygen atoms in total. The van der Waals surface area contributed by atoms with Gasteiger partial charge in [-0.3, -0.25) is 0 Å². The van der Waals surface area contributed by atoms with E-state index in [2.05, 4.69) is 6.92 Å². The van der Waals surface area contributed by atoms with Gasteiger partial charge in [-0.1, -0.05) is 12.8 Å². The minimum atomic E-state index is 0.101. The summed E-state index contributed by atoms with van der Waals surface area (Å²) in [5, 5.41) is 0. The summed E-state index contributed by atoms with van der Waals surface area (Å²) in [4.78, 5) is 0. The molecular weight excluding hydrogens is 877 g/mol. The standard InChI is InChI=1S/2C7H14O2.C7H14O.C6H12O2.C6H12O.3C5H10O2.C5H10O/c1-2-8-6-7-4-3-5-9-7;1-2-8-7-5-3-4-6-9-7;1-2-8-7-5-3-4-6-7;1-2-8-6-3-4-7-5-6;1-2-7-5-6-3-4-6;1-2-7-5-3-6-4-5;1-2-6-3-5-4-7-5;1-2-6-5-3-4-7-5;1-2-6-5-3-4-5/h2*7H,2-6H2,1H3;7H,2-6H2,1H3;6H,2-5H2,1H3;6H,2-5H2,1H3;3*5H,2-4H2,1H3;5H,2-4H2,1H3. The lowest BCUT2D eigenvalue weighted by Crippen LogP contribution is -2.35. The van der Waals surface area contributed by atoms with Crippen LogP contribution in [0, 0.1) is 5.92 Å². The van der Waals surface area contributed by atoms with Gasteiger partial charge in [0.1, 0.15) is 12.2 Å². The Morgan fingerprint density at radius 1 is 0.309 bits per heavy atom. The summed E-state index contributed by atoms with van der Waals surface area (Å²) in [7, 11) is 0. The second-order valence-electron chi connectivity index (χ2n) is 17.4. The van der Waals surface area contributed by atoms with Crippen LogP contribution in [-0.2, 0) is 71.1 Å². The van der Waals surface area contributed by atoms with Gasteiger partial charge in [0.25, 0.3) is 0 Å². The second kappa shape index (κ2) is 48.7. The quantitative estimate of drug-likeness (QED) is 0.101. The third-order valence-corrected chi connectivity index (χ3v) is 11.1. The van der Waals surface area contributed by atoms with E-state index in [1.54, 1.807) is 0 Å². The average Bonchev–Trinajstić information content (AvgIpc) is 4.31. The van der Waals surface area contributed by atoms with Crippen LogP contribution in [0.25, 0.3) is 0 Å². The highest BCUT2D eigenvalue weighted by molar-refractivity contribution is 4.73. The normalized spacial score (nSPS) is 25.5. The van der Waals surface area contributed by atoms with Crippen molar-refractivity contribution in [3.05, 3.63) is 0 Å². The molecule has 0 amide bonds. The first-order chi connectivity index (χ1) is 33.4. The predicted octanol–water partition coefficient (Wildman–Crippen LogP) is 9.76. The highest BCUT2D eigenvalue weighted by atomic mass is 16.7. The molecule has 0 aromatic heterocycles. The van der Waals surface area contributed by atoms with Crippen LogP contribution >= 0.6 is 0 Å². The first-order valence-electron chi connectivity index (χ1n) is 27.4. The van der Waals surface area contributed by atoms with Crippen molar-refractivity contribution in [1.82, 2.24) is 0 Å². The van der Waals surface area contributed by atoms with Gasteiger partial charge >= 0.3 is 0 Å². The van der Waals surface area contributed by atoms with E-state index in [9.17, 15) is 0 Å². The summed E-state index contributed by atoms with van der Waals surface area (Å²) < 4.78 is 77.1. The number of rotatable bonds is 21. The van der Waals surface area contributed by atoms with Crippen LogP contribution in [0.1, 0.15) is 159 Å². The number of ether oxygens (including phenoxy) is 15. The lowest BCUT2D eigenvalue weighted by molar-refractivity contribution is -0.212. The van der Waals surface area contributed by atoms with Crippen LogP contribution in [0.3, 0.4) is 0 Å². The SMILES string of the molecule is CCOC1CC1.CCOC1CCCC1.CCOC1CCCCO1.CCOC1CCO1.CCOC1CCOC1.CCOC1COC1.CCOCC1CC1.CCOCC1CCCO1.CCOCC1CO1. The van der Waals surface area contributed by atoms with Crippen molar-refractivity contribution in [2.24, 2.45) is 5.92 Å². The maximum Gasteiger partial charge on any atom is 0.159 e. The molecule has 3 aliphatic carbocycles. The Balaban J connectivity index is 0.000000383. The van der Waals surface area contributed by atoms with E-state index in [-0.39, 0.29) is 12.6 Å². The Morgan fingerprint density at radius 3 is 1.15 bits per heavy atom. The van der Waals surface area contributed by atoms with E-state index >= 15 is 0 Å². The number of epoxide rings is 1. The van der Waals surface area contributed by atoms with Crippen LogP contribution in [0.4, 0.5) is 0 Å². The molecule has 9 aliphatic rings. The Kier molecular flexibility index (Phi) is 46.8. The topological polar surface area (TPSA) is 142 Å². The monoisotopic (exact) mass is 983 g/mol. The smallest absolute Gasteiger partial charge is 0.159 e. The van der Waals surface area contributed by atoms with Crippen molar-refractivity contribution in [3.8, 4) is 0 Å². The van der Waals surface area contributed by atoms with Gasteiger partial charge in [-0.05, 0) is 145 Å². The lowest BCUT2D eigenvalue weighted by Gasteiger charge is -2.25. The van der Waals surface area contributed by atoms with E-state index in [1.165, 1.54) is 77.0 Å². The maximum absolute atomic E-state index is 5.40. The zero-order valence-corrected chi connectivity index (χ0v) is 45.1. The number of hydrogen-bond donors (Lipinski definition) is 0. The first-order valence-corrected chi connectivity index (χ1v) is 27.4. The fraction of sp³-hybridized carbons (Fsp3) is 1.00. The molecular formula is C53H106O15. The summed E-state index contributed by atoms with van der Waals surface area (Å²) in [6.07, 6.45) is 21.9. The van der Waals surface area contributed by atoms with Gasteiger partial charge in [0.15, 0.2) is 12.6 Å². The van der Waals surface area contributed by atoms with Crippen molar-refractivity contribution < 1.29 is 71.1 Å². The van der Waals surface area contributed by atoms with Crippen molar-refractivity contribution in [2.45, 2.75) is 208 Å². The van der Waals surface area contributed by atoms with E-state index < -0.39 is 0 Å². The largest absolute Gasteiger partial charge is 0.381 e. The third-order valence-electron chi connectivity index (χ3n) is 11.1. The number of hydrogen-bond acceptors (Lipinski definition) is 15. The highest BCUT2D eigenvalue weighted by Crippen LogP contribution is 2.28. The van der Waals surface area contributed by atoms with Gasteiger partial charge in [-0.15, -0.1) is 0 Å². The molecule has 3 saturated carbocycles. The Morgan fingerprint density at radius 2 is 0.779 bits per heavy atom. The summed E-state index contributed by atoms with van der Waals surface area (Å²) >= 11 is 0. The first kappa shape index (κ1) is 65.4. The summed E-state index contributed by atoms with van der Waals surface area (Å²) in [5.41, 5.74) is 0. The second-order valence-corrected chi connectivity index (χ2v) is 17.4. The summed E-state index contributed by atoms with van der Waals surface area (Å²) in [6.45, 7) is 35.0. The minimum Gasteiger partial charge on any atom is -0.381 e. The van der Waals surface area contributed by atoms with Gasteiger partial charge in [-0.2, -0.15) is 0 Å². The molecule has 5 atom stereocenters. The molecule has 5 unspecified atom stereocenters. The molecule has 6 heterocycles. The fourth-order valence-electron chi connectivity index (χ4n) is 6.75. The van der Waals surface area contributed by atoms with Crippen molar-refractivity contribution >= 4 is 0 Å². The third kappa shape index (κ3) is 43.0. The maximum atomic E-state index is 5.40. The van der Waals surface area contributed by atoms with Crippen LogP contribution in [0.2, 0.25) is 0 Å². The molecule has 15 heteroatoms. The van der Waals surface area contributed by atoms with Crippen LogP contribution < -0.4 is 0 Å². The molecule has 0 radical (unpaired) electrons. The van der Waals surface area contributed by atoms with Crippen molar-refractivity contribution in [3.63, 3.8) is 0 Å². The highest BCUT2D eigenvalue weighted by Gasteiger charge is 2.23. The van der Waals surface area contributed by atoms with Gasteiger partial charge in [-0.25, -0.2) is 0 Å². The van der Waals surface area contributed by atoms with Gasteiger partial charge in [0.05, 0.1) is 70.7 Å². The van der Waals surface area contributed by atoms with E-state index in [0.717, 1.165) is 157 Å². The Hall–Kier alpha value is -0.600. The van der Waals surface area contributed by atoms with Crippen LogP contribution in [-0.4, -0.2) is 181 Å². The molecule has 9 rings (SSSR count). The summed E-state index contributed by atoms with van der Waals surface area (Å²) in [6, 6.07) is 0. The molecule has 68 heavy (non-hydrogen) atoms. The molecule has 0 N–H and O–H groups in total. The molecule has 408 valence electrons. The minimum absolute atomic E-state index is 0.101. The predicted molar refractivity (Wildman–Crippen MR) is 268 cm³/mol. The molecule has 6 aliphatic heterocycles. The molecule has 0 bridgehead atoms. The zero-order chi connectivity index (χ0) is 49.6. The molecule has 0 aromatic rings. The average molecular weight is 983 g/mol. The van der Waals surface area contributed by atoms with Gasteiger partial charge < -0.3 is 71.1 Å². The van der Waals surface area contributed by atoms with E-state index in [4.69, 9.17) is 71.1 Å². The summed E-state index contributed by atoms with van der Waals surface area (Å²) in [5.74, 6) is 0.931. The molecule has 0 aromatic carbocycles.